The molecule has 2 aliphatic heterocycles. The molecule has 3 aromatic rings. The molecule has 5 rings (SSSR count). The fourth-order valence-corrected chi connectivity index (χ4v) is 5.97. The number of amides is 2. The van der Waals surface area contributed by atoms with E-state index in [2.05, 4.69) is 10.4 Å². The maximum atomic E-state index is 13.2. The summed E-state index contributed by atoms with van der Waals surface area (Å²) in [6.45, 7) is 2.09. The van der Waals surface area contributed by atoms with Crippen LogP contribution in [-0.2, 0) is 30.9 Å². The van der Waals surface area contributed by atoms with Crippen molar-refractivity contribution in [2.45, 2.75) is 24.9 Å². The Kier molecular flexibility index (Phi) is 5.39. The number of anilines is 2. The zero-order valence-corrected chi connectivity index (χ0v) is 19.5. The fourth-order valence-electron chi connectivity index (χ4n) is 4.47. The minimum atomic E-state index is -3.39. The predicted octanol–water partition coefficient (Wildman–Crippen LogP) is 2.51. The highest BCUT2D eigenvalue weighted by Gasteiger charge is 2.38. The number of hydrogen-bond donors (Lipinski definition) is 1. The predicted molar refractivity (Wildman–Crippen MR) is 127 cm³/mol. The van der Waals surface area contributed by atoms with Crippen LogP contribution in [-0.4, -0.2) is 41.5 Å². The molecule has 1 unspecified atom stereocenters. The van der Waals surface area contributed by atoms with Gasteiger partial charge >= 0.3 is 0 Å². The molecule has 12 heteroatoms. The number of aryl methyl sites for hydroxylation is 1. The topological polar surface area (TPSA) is 145 Å². The van der Waals surface area contributed by atoms with Gasteiger partial charge in [0.2, 0.25) is 11.8 Å². The van der Waals surface area contributed by atoms with Gasteiger partial charge in [-0.1, -0.05) is 18.2 Å². The zero-order valence-electron chi connectivity index (χ0n) is 18.7. The van der Waals surface area contributed by atoms with Crippen molar-refractivity contribution in [2.75, 3.05) is 16.8 Å². The molecule has 1 N–H and O–H groups in total. The molecule has 2 amide bonds. The van der Waals surface area contributed by atoms with E-state index in [-0.39, 0.29) is 41.9 Å². The molecule has 0 bridgehead atoms. The second-order valence-corrected chi connectivity index (χ2v) is 10.7. The van der Waals surface area contributed by atoms with Gasteiger partial charge in [0, 0.05) is 36.3 Å². The molecule has 0 spiro atoms. The summed E-state index contributed by atoms with van der Waals surface area (Å²) in [6.07, 6.45) is 0.0202. The summed E-state index contributed by atoms with van der Waals surface area (Å²) in [5.41, 5.74) is 2.69. The Morgan fingerprint density at radius 2 is 1.86 bits per heavy atom. The molecule has 3 heterocycles. The molecule has 1 aromatic heterocycles. The van der Waals surface area contributed by atoms with E-state index in [4.69, 9.17) is 0 Å². The van der Waals surface area contributed by atoms with Crippen molar-refractivity contribution in [2.24, 2.45) is 5.92 Å². The first-order chi connectivity index (χ1) is 16.6. The highest BCUT2D eigenvalue weighted by molar-refractivity contribution is 7.90. The number of hydrogen-bond acceptors (Lipinski definition) is 7. The zero-order chi connectivity index (χ0) is 24.9. The Hall–Kier alpha value is -4.06. The molecular weight excluding hydrogens is 474 g/mol. The Balaban J connectivity index is 1.45. The first-order valence-corrected chi connectivity index (χ1v) is 12.7. The summed E-state index contributed by atoms with van der Waals surface area (Å²) in [4.78, 5) is 38.0. The van der Waals surface area contributed by atoms with Crippen LogP contribution in [0.5, 0.6) is 0 Å². The molecule has 11 nitrogen and oxygen atoms in total. The molecular formula is C23H21N5O6S. The Labute approximate surface area is 200 Å². The first kappa shape index (κ1) is 22.7. The van der Waals surface area contributed by atoms with E-state index in [0.717, 1.165) is 11.3 Å². The smallest absolute Gasteiger partial charge is 0.269 e. The standard InChI is InChI=1S/C23H21N5O6S/c1-14-4-2-3-5-20(14)26-11-15(10-21(26)29)23(30)24-22-18-12-35(33,34)13-19(18)25-27(22)16-6-8-17(9-7-16)28(31)32/h2-9,15H,10-13H2,1H3,(H,24,30). The summed E-state index contributed by atoms with van der Waals surface area (Å²) >= 11 is 0. The van der Waals surface area contributed by atoms with Gasteiger partial charge in [0.25, 0.3) is 5.69 Å². The highest BCUT2D eigenvalue weighted by Crippen LogP contribution is 2.34. The summed E-state index contributed by atoms with van der Waals surface area (Å²) in [5, 5.41) is 18.2. The first-order valence-electron chi connectivity index (χ1n) is 10.9. The van der Waals surface area contributed by atoms with Crippen molar-refractivity contribution in [3.05, 3.63) is 75.5 Å². The van der Waals surface area contributed by atoms with Gasteiger partial charge in [0.05, 0.1) is 33.7 Å². The fraction of sp³-hybridized carbons (Fsp3) is 0.261. The molecule has 1 saturated heterocycles. The van der Waals surface area contributed by atoms with Crippen LogP contribution in [0.2, 0.25) is 0 Å². The van der Waals surface area contributed by atoms with Gasteiger partial charge in [-0.05, 0) is 30.7 Å². The molecule has 0 saturated carbocycles. The van der Waals surface area contributed by atoms with E-state index >= 15 is 0 Å². The van der Waals surface area contributed by atoms with E-state index in [1.807, 2.05) is 31.2 Å². The third-order valence-electron chi connectivity index (χ3n) is 6.24. The number of carbonyl (C=O) groups excluding carboxylic acids is 2. The number of para-hydroxylation sites is 1. The SMILES string of the molecule is Cc1ccccc1N1CC(C(=O)Nc2c3c(nn2-c2ccc([N+](=O)[O-])cc2)CS(=O)(=O)C3)CC1=O. The third kappa shape index (κ3) is 4.16. The van der Waals surface area contributed by atoms with E-state index in [1.54, 1.807) is 4.90 Å². The minimum absolute atomic E-state index is 0.0202. The molecule has 0 aliphatic carbocycles. The number of nitro groups is 1. The van der Waals surface area contributed by atoms with Crippen molar-refractivity contribution in [1.29, 1.82) is 0 Å². The number of nitrogens with one attached hydrogen (secondary N) is 1. The van der Waals surface area contributed by atoms with Crippen LogP contribution in [0.25, 0.3) is 5.69 Å². The number of aromatic nitrogens is 2. The Bertz CT molecular complexity index is 1480. The van der Waals surface area contributed by atoms with Crippen molar-refractivity contribution in [3.8, 4) is 5.69 Å². The van der Waals surface area contributed by atoms with Crippen LogP contribution < -0.4 is 10.2 Å². The van der Waals surface area contributed by atoms with Crippen molar-refractivity contribution in [1.82, 2.24) is 9.78 Å². The minimum Gasteiger partial charge on any atom is -0.311 e. The summed E-state index contributed by atoms with van der Waals surface area (Å²) in [5.74, 6) is -1.57. The lowest BCUT2D eigenvalue weighted by Crippen LogP contribution is -2.29. The maximum absolute atomic E-state index is 13.2. The average Bonchev–Trinajstić information content (AvgIpc) is 3.44. The van der Waals surface area contributed by atoms with Crippen molar-refractivity contribution in [3.63, 3.8) is 0 Å². The van der Waals surface area contributed by atoms with E-state index in [1.165, 1.54) is 28.9 Å². The molecule has 2 aliphatic rings. The van der Waals surface area contributed by atoms with E-state index < -0.39 is 26.6 Å². The summed E-state index contributed by atoms with van der Waals surface area (Å²) in [6, 6.07) is 13.0. The van der Waals surface area contributed by atoms with Gasteiger partial charge in [0.15, 0.2) is 9.84 Å². The monoisotopic (exact) mass is 495 g/mol. The maximum Gasteiger partial charge on any atom is 0.269 e. The van der Waals surface area contributed by atoms with Crippen LogP contribution in [0.3, 0.4) is 0 Å². The summed E-state index contributed by atoms with van der Waals surface area (Å²) in [7, 11) is -3.39. The van der Waals surface area contributed by atoms with Gasteiger partial charge in [-0.3, -0.25) is 19.7 Å². The lowest BCUT2D eigenvalue weighted by molar-refractivity contribution is -0.384. The van der Waals surface area contributed by atoms with Gasteiger partial charge in [-0.2, -0.15) is 5.10 Å². The van der Waals surface area contributed by atoms with Crippen LogP contribution in [0.1, 0.15) is 23.2 Å². The van der Waals surface area contributed by atoms with Crippen LogP contribution in [0.4, 0.5) is 17.2 Å². The number of benzene rings is 2. The van der Waals surface area contributed by atoms with Gasteiger partial charge in [-0.15, -0.1) is 0 Å². The number of carbonyl (C=O) groups is 2. The van der Waals surface area contributed by atoms with Crippen LogP contribution in [0, 0.1) is 23.0 Å². The second kappa shape index (κ2) is 8.31. The third-order valence-corrected chi connectivity index (χ3v) is 7.68. The average molecular weight is 496 g/mol. The van der Waals surface area contributed by atoms with Crippen LogP contribution in [0.15, 0.2) is 48.5 Å². The molecule has 2 aromatic carbocycles. The number of fused-ring (bicyclic) bond motifs is 1. The molecule has 180 valence electrons. The molecule has 1 fully saturated rings. The molecule has 1 atom stereocenters. The highest BCUT2D eigenvalue weighted by atomic mass is 32.2. The number of nitro benzene ring substituents is 1. The lowest BCUT2D eigenvalue weighted by Gasteiger charge is -2.19. The van der Waals surface area contributed by atoms with Gasteiger partial charge in [-0.25, -0.2) is 13.1 Å². The van der Waals surface area contributed by atoms with Gasteiger partial charge < -0.3 is 10.2 Å². The molecule has 35 heavy (non-hydrogen) atoms. The lowest BCUT2D eigenvalue weighted by atomic mass is 10.1. The number of rotatable bonds is 5. The Morgan fingerprint density at radius 3 is 2.54 bits per heavy atom. The van der Waals surface area contributed by atoms with Gasteiger partial charge in [0.1, 0.15) is 5.82 Å². The number of sulfone groups is 1. The van der Waals surface area contributed by atoms with Crippen molar-refractivity contribution >= 4 is 38.8 Å². The second-order valence-electron chi connectivity index (χ2n) is 8.67. The summed E-state index contributed by atoms with van der Waals surface area (Å²) < 4.78 is 25.8. The van der Waals surface area contributed by atoms with E-state index in [0.29, 0.717) is 16.9 Å². The largest absolute Gasteiger partial charge is 0.311 e. The normalized spacial score (nSPS) is 18.5. The van der Waals surface area contributed by atoms with Crippen LogP contribution >= 0.6 is 0 Å². The van der Waals surface area contributed by atoms with E-state index in [9.17, 15) is 28.1 Å². The Morgan fingerprint density at radius 1 is 1.14 bits per heavy atom. The number of non-ortho nitro benzene ring substituents is 1. The number of nitrogens with zero attached hydrogens (tertiary/aromatic N) is 4. The van der Waals surface area contributed by atoms with Crippen molar-refractivity contribution < 1.29 is 22.9 Å². The molecule has 0 radical (unpaired) electrons. The quantitative estimate of drug-likeness (QED) is 0.423.